The van der Waals surface area contributed by atoms with Gasteiger partial charge < -0.3 is 52.6 Å². The Bertz CT molecular complexity index is 1350. The lowest BCUT2D eigenvalue weighted by atomic mass is 9.87. The van der Waals surface area contributed by atoms with Crippen LogP contribution in [0.1, 0.15) is 70.6 Å². The summed E-state index contributed by atoms with van der Waals surface area (Å²) in [7, 11) is 0. The molecule has 0 aromatic rings. The van der Waals surface area contributed by atoms with E-state index in [0.717, 1.165) is 37.9 Å². The molecule has 5 rings (SSSR count). The molecule has 0 aliphatic carbocycles. The van der Waals surface area contributed by atoms with Gasteiger partial charge in [0.05, 0.1) is 18.5 Å². The van der Waals surface area contributed by atoms with Gasteiger partial charge in [-0.1, -0.05) is 12.8 Å². The summed E-state index contributed by atoms with van der Waals surface area (Å²) in [4.78, 5) is 70.3. The van der Waals surface area contributed by atoms with Crippen LogP contribution in [0.4, 0.5) is 4.79 Å². The van der Waals surface area contributed by atoms with Gasteiger partial charge in [-0.2, -0.15) is 11.8 Å². The van der Waals surface area contributed by atoms with E-state index in [2.05, 4.69) is 42.1 Å². The van der Waals surface area contributed by atoms with Crippen LogP contribution in [0.2, 0.25) is 0 Å². The molecule has 0 bridgehead atoms. The number of aliphatic hydroxyl groups is 2. The molecule has 6 unspecified atom stereocenters. The number of nitrogens with two attached hydrogens (primary N) is 2. The maximum absolute atomic E-state index is 12.4. The molecule has 272 valence electrons. The van der Waals surface area contributed by atoms with E-state index in [9.17, 15) is 34.2 Å². The molecule has 5 heterocycles. The minimum atomic E-state index is -2.22. The maximum Gasteiger partial charge on any atom is 0.315 e. The van der Waals surface area contributed by atoms with Crippen LogP contribution < -0.4 is 43.6 Å². The van der Waals surface area contributed by atoms with Crippen molar-refractivity contribution >= 4 is 53.4 Å². The van der Waals surface area contributed by atoms with Gasteiger partial charge in [-0.25, -0.2) is 14.8 Å². The normalized spacial score (nSPS) is 28.9. The monoisotopic (exact) mass is 709 g/mol. The number of fused-ring (bicyclic) bond motifs is 1. The van der Waals surface area contributed by atoms with Crippen molar-refractivity contribution in [1.82, 2.24) is 37.0 Å². The van der Waals surface area contributed by atoms with Gasteiger partial charge in [0.25, 0.3) is 0 Å². The number of unbranched alkanes of at least 4 members (excludes halogenated alkanes) is 3. The van der Waals surface area contributed by atoms with Crippen LogP contribution in [-0.4, -0.2) is 123 Å². The minimum Gasteiger partial charge on any atom is -0.463 e. The van der Waals surface area contributed by atoms with Gasteiger partial charge >= 0.3 is 12.0 Å². The van der Waals surface area contributed by atoms with E-state index in [1.807, 2.05) is 11.8 Å². The number of urea groups is 1. The van der Waals surface area contributed by atoms with E-state index in [-0.39, 0.29) is 80.7 Å². The zero-order chi connectivity index (χ0) is 35.2. The van der Waals surface area contributed by atoms with Crippen molar-refractivity contribution in [3.8, 4) is 0 Å². The highest BCUT2D eigenvalue weighted by Gasteiger charge is 2.69. The summed E-state index contributed by atoms with van der Waals surface area (Å²) in [5, 5.41) is 33.4. The van der Waals surface area contributed by atoms with E-state index in [1.54, 1.807) is 0 Å². The first-order valence-corrected chi connectivity index (χ1v) is 17.8. The van der Waals surface area contributed by atoms with Gasteiger partial charge in [0.1, 0.15) is 18.7 Å². The van der Waals surface area contributed by atoms with E-state index in [0.29, 0.717) is 24.6 Å². The van der Waals surface area contributed by atoms with Gasteiger partial charge in [0, 0.05) is 49.8 Å². The van der Waals surface area contributed by atoms with Crippen LogP contribution >= 0.6 is 11.8 Å². The molecule has 6 atom stereocenters. The highest BCUT2D eigenvalue weighted by Crippen LogP contribution is 2.44. The zero-order valence-electron chi connectivity index (χ0n) is 27.2. The minimum absolute atomic E-state index is 0.00280. The average molecular weight is 710 g/mol. The molecule has 0 aromatic heterocycles. The number of thioether (sulfide) groups is 1. The summed E-state index contributed by atoms with van der Waals surface area (Å²) in [5.41, 5.74) is 15.0. The van der Waals surface area contributed by atoms with E-state index < -0.39 is 35.4 Å². The maximum atomic E-state index is 12.4. The second-order valence-electron chi connectivity index (χ2n) is 12.9. The van der Waals surface area contributed by atoms with Crippen molar-refractivity contribution in [2.45, 2.75) is 111 Å². The van der Waals surface area contributed by atoms with Crippen molar-refractivity contribution in [2.75, 3.05) is 25.4 Å². The molecule has 0 saturated carbocycles. The number of rotatable bonds is 16. The molecular formula is C29H47N11O8S. The Morgan fingerprint density at radius 1 is 0.959 bits per heavy atom. The van der Waals surface area contributed by atoms with Gasteiger partial charge in [-0.15, -0.1) is 0 Å². The summed E-state index contributed by atoms with van der Waals surface area (Å²) in [6.45, 7) is 0.450. The van der Waals surface area contributed by atoms with Crippen molar-refractivity contribution in [2.24, 2.45) is 21.5 Å². The fourth-order valence-electron chi connectivity index (χ4n) is 6.97. The molecule has 20 heteroatoms. The Morgan fingerprint density at radius 2 is 1.69 bits per heavy atom. The summed E-state index contributed by atoms with van der Waals surface area (Å²) >= 11 is 1.87. The SMILES string of the molecule is NC1=NC2C(COC(=O)CCC(=O)NNC(=O)CCCCCNC(=O)CCCCC3SCC4NC(=O)NC43)N=C(N)N3CCC(O)(O)C23N1. The molecule has 5 aliphatic rings. The zero-order valence-corrected chi connectivity index (χ0v) is 28.1. The van der Waals surface area contributed by atoms with Gasteiger partial charge in [0.2, 0.25) is 23.5 Å². The van der Waals surface area contributed by atoms with Gasteiger partial charge in [-0.3, -0.25) is 30.0 Å². The van der Waals surface area contributed by atoms with Crippen LogP contribution in [0, 0.1) is 0 Å². The molecule has 49 heavy (non-hydrogen) atoms. The number of carbonyl (C=O) groups excluding carboxylic acids is 5. The quantitative estimate of drug-likeness (QED) is 0.0251. The smallest absolute Gasteiger partial charge is 0.315 e. The lowest BCUT2D eigenvalue weighted by molar-refractivity contribution is -0.221. The van der Waals surface area contributed by atoms with Crippen molar-refractivity contribution in [3.05, 3.63) is 0 Å². The van der Waals surface area contributed by atoms with Gasteiger partial charge in [-0.05, 0) is 25.7 Å². The number of hydrazine groups is 1. The Morgan fingerprint density at radius 3 is 2.49 bits per heavy atom. The molecule has 12 N–H and O–H groups in total. The number of guanidine groups is 2. The third-order valence-electron chi connectivity index (χ3n) is 9.48. The number of ether oxygens (including phenoxy) is 1. The summed E-state index contributed by atoms with van der Waals surface area (Å²) < 4.78 is 5.29. The fourth-order valence-corrected chi connectivity index (χ4v) is 8.51. The van der Waals surface area contributed by atoms with Crippen LogP contribution in [-0.2, 0) is 23.9 Å². The number of nitrogens with zero attached hydrogens (tertiary/aromatic N) is 3. The molecule has 0 aromatic carbocycles. The highest BCUT2D eigenvalue weighted by atomic mass is 32.2. The molecular weight excluding hydrogens is 662 g/mol. The molecule has 19 nitrogen and oxygen atoms in total. The number of aliphatic imine (C=N–C) groups is 2. The van der Waals surface area contributed by atoms with Gasteiger partial charge in [0.15, 0.2) is 17.6 Å². The molecule has 5 amide bonds. The van der Waals surface area contributed by atoms with Crippen LogP contribution in [0.15, 0.2) is 9.98 Å². The standard InChI is InChI=1S/C29H47N11O8S/c30-25-36-24-16(33-26(31)40-13-11-28(46,47)29(24,40)37-25)14-48-22(44)10-9-21(43)39-38-20(42)8-2-1-5-12-32-19(41)7-4-3-6-18-23-17(15-49-18)34-27(45)35-23/h16-18,23-24,46-47H,1-15H2,(H2,31,33)(H,32,41)(H,38,42)(H,39,43)(H3,30,36,37)(H2,34,35,45). The molecule has 3 fully saturated rings. The third-order valence-corrected chi connectivity index (χ3v) is 11.0. The highest BCUT2D eigenvalue weighted by molar-refractivity contribution is 8.00. The van der Waals surface area contributed by atoms with E-state index >= 15 is 0 Å². The second kappa shape index (κ2) is 15.7. The fraction of sp³-hybridized carbons (Fsp3) is 0.759. The first-order valence-electron chi connectivity index (χ1n) is 16.8. The second-order valence-corrected chi connectivity index (χ2v) is 14.2. The average Bonchev–Trinajstić information content (AvgIpc) is 3.79. The third kappa shape index (κ3) is 8.41. The lowest BCUT2D eigenvalue weighted by Gasteiger charge is -2.48. The van der Waals surface area contributed by atoms with Crippen LogP contribution in [0.5, 0.6) is 0 Å². The number of nitrogens with one attached hydrogen (secondary N) is 6. The summed E-state index contributed by atoms with van der Waals surface area (Å²) in [5.74, 6) is -2.95. The molecule has 3 saturated heterocycles. The Labute approximate surface area is 287 Å². The molecule has 0 radical (unpaired) electrons. The summed E-state index contributed by atoms with van der Waals surface area (Å²) in [6, 6.07) is -1.45. The van der Waals surface area contributed by atoms with Crippen molar-refractivity contribution in [1.29, 1.82) is 0 Å². The first kappa shape index (κ1) is 36.2. The molecule has 5 aliphatic heterocycles. The topological polar surface area (TPSA) is 287 Å². The summed E-state index contributed by atoms with van der Waals surface area (Å²) in [6.07, 6.45) is 4.80. The molecule has 1 spiro atoms. The largest absolute Gasteiger partial charge is 0.463 e. The number of esters is 1. The lowest BCUT2D eigenvalue weighted by Crippen LogP contribution is -2.76. The van der Waals surface area contributed by atoms with Crippen LogP contribution in [0.25, 0.3) is 0 Å². The van der Waals surface area contributed by atoms with E-state index in [1.165, 1.54) is 4.90 Å². The predicted molar refractivity (Wildman–Crippen MR) is 177 cm³/mol. The predicted octanol–water partition coefficient (Wildman–Crippen LogP) is -3.07. The number of hydrogen-bond acceptors (Lipinski definition) is 15. The van der Waals surface area contributed by atoms with Crippen molar-refractivity contribution in [3.63, 3.8) is 0 Å². The van der Waals surface area contributed by atoms with Crippen LogP contribution in [0.3, 0.4) is 0 Å². The Kier molecular flexibility index (Phi) is 11.6. The number of hydrogen-bond donors (Lipinski definition) is 10. The Hall–Kier alpha value is -4.04. The van der Waals surface area contributed by atoms with Crippen molar-refractivity contribution < 1.29 is 38.9 Å². The number of carbonyl (C=O) groups is 5. The van der Waals surface area contributed by atoms with E-state index in [4.69, 9.17) is 16.2 Å². The Balaban J connectivity index is 0.867. The first-order chi connectivity index (χ1) is 23.4. The number of amides is 5.